The zero-order valence-electron chi connectivity index (χ0n) is 9.85. The second-order valence-electron chi connectivity index (χ2n) is 3.42. The van der Waals surface area contributed by atoms with Gasteiger partial charge in [0, 0.05) is 29.4 Å². The minimum absolute atomic E-state index is 0.0957. The maximum absolute atomic E-state index is 11.7. The number of benzene rings is 1. The van der Waals surface area contributed by atoms with Crippen LogP contribution in [0.5, 0.6) is 0 Å². The molecule has 0 saturated heterocycles. The van der Waals surface area contributed by atoms with E-state index in [-0.39, 0.29) is 16.4 Å². The SMILES string of the molecule is CCOCCNC(=O)c1cccc(S(=O)(=O)Cl)c1. The van der Waals surface area contributed by atoms with E-state index in [1.807, 2.05) is 6.92 Å². The Labute approximate surface area is 111 Å². The van der Waals surface area contributed by atoms with Gasteiger partial charge in [0.25, 0.3) is 15.0 Å². The third kappa shape index (κ3) is 4.64. The zero-order valence-corrected chi connectivity index (χ0v) is 11.4. The summed E-state index contributed by atoms with van der Waals surface area (Å²) in [5, 5.41) is 2.61. The minimum atomic E-state index is -3.82. The molecule has 1 N–H and O–H groups in total. The summed E-state index contributed by atoms with van der Waals surface area (Å²) in [7, 11) is 1.38. The lowest BCUT2D eigenvalue weighted by atomic mass is 10.2. The third-order valence-electron chi connectivity index (χ3n) is 2.11. The smallest absolute Gasteiger partial charge is 0.261 e. The maximum Gasteiger partial charge on any atom is 0.261 e. The van der Waals surface area contributed by atoms with E-state index in [0.717, 1.165) is 0 Å². The Bertz CT molecular complexity index is 516. The van der Waals surface area contributed by atoms with Gasteiger partial charge in [-0.3, -0.25) is 4.79 Å². The number of hydrogen-bond acceptors (Lipinski definition) is 4. The molecule has 18 heavy (non-hydrogen) atoms. The molecule has 0 aliphatic carbocycles. The van der Waals surface area contributed by atoms with Crippen molar-refractivity contribution in [1.82, 2.24) is 5.32 Å². The fraction of sp³-hybridized carbons (Fsp3) is 0.364. The Morgan fingerprint density at radius 2 is 2.17 bits per heavy atom. The highest BCUT2D eigenvalue weighted by atomic mass is 35.7. The van der Waals surface area contributed by atoms with Crippen LogP contribution in [0.4, 0.5) is 0 Å². The molecule has 0 saturated carbocycles. The van der Waals surface area contributed by atoms with Crippen LogP contribution in [-0.4, -0.2) is 34.1 Å². The summed E-state index contributed by atoms with van der Waals surface area (Å²) in [4.78, 5) is 11.6. The van der Waals surface area contributed by atoms with Gasteiger partial charge in [0.15, 0.2) is 0 Å². The maximum atomic E-state index is 11.7. The average molecular weight is 292 g/mol. The van der Waals surface area contributed by atoms with Crippen molar-refractivity contribution in [3.63, 3.8) is 0 Å². The first-order valence-electron chi connectivity index (χ1n) is 5.36. The average Bonchev–Trinajstić information content (AvgIpc) is 2.33. The number of ether oxygens (including phenoxy) is 1. The topological polar surface area (TPSA) is 72.5 Å². The fourth-order valence-electron chi connectivity index (χ4n) is 1.27. The minimum Gasteiger partial charge on any atom is -0.380 e. The van der Waals surface area contributed by atoms with Crippen LogP contribution in [0.3, 0.4) is 0 Å². The molecule has 1 amide bonds. The van der Waals surface area contributed by atoms with E-state index in [0.29, 0.717) is 19.8 Å². The van der Waals surface area contributed by atoms with Gasteiger partial charge in [-0.1, -0.05) is 6.07 Å². The van der Waals surface area contributed by atoms with Gasteiger partial charge in [-0.15, -0.1) is 0 Å². The van der Waals surface area contributed by atoms with Crippen LogP contribution in [0, 0.1) is 0 Å². The monoisotopic (exact) mass is 291 g/mol. The van der Waals surface area contributed by atoms with Crippen LogP contribution in [0.1, 0.15) is 17.3 Å². The number of amides is 1. The molecule has 0 aliphatic heterocycles. The van der Waals surface area contributed by atoms with Gasteiger partial charge in [-0.05, 0) is 25.1 Å². The first-order chi connectivity index (χ1) is 8.45. The molecular weight excluding hydrogens is 278 g/mol. The van der Waals surface area contributed by atoms with E-state index < -0.39 is 9.05 Å². The van der Waals surface area contributed by atoms with Crippen LogP contribution in [0.2, 0.25) is 0 Å². The van der Waals surface area contributed by atoms with Gasteiger partial charge < -0.3 is 10.1 Å². The molecule has 7 heteroatoms. The molecule has 0 aliphatic rings. The summed E-state index contributed by atoms with van der Waals surface area (Å²) in [6.07, 6.45) is 0. The number of halogens is 1. The van der Waals surface area contributed by atoms with Crippen LogP contribution in [0.15, 0.2) is 29.2 Å². The molecule has 1 rings (SSSR count). The van der Waals surface area contributed by atoms with E-state index in [1.54, 1.807) is 0 Å². The summed E-state index contributed by atoms with van der Waals surface area (Å²) in [5.41, 5.74) is 0.244. The van der Waals surface area contributed by atoms with Gasteiger partial charge in [-0.2, -0.15) is 0 Å². The van der Waals surface area contributed by atoms with E-state index in [2.05, 4.69) is 5.32 Å². The summed E-state index contributed by atoms with van der Waals surface area (Å²) in [6.45, 7) is 3.22. The summed E-state index contributed by atoms with van der Waals surface area (Å²) in [6, 6.07) is 5.55. The molecule has 0 fully saturated rings. The Morgan fingerprint density at radius 3 is 2.78 bits per heavy atom. The van der Waals surface area contributed by atoms with E-state index in [4.69, 9.17) is 15.4 Å². The van der Waals surface area contributed by atoms with Crippen molar-refractivity contribution in [2.45, 2.75) is 11.8 Å². The molecule has 0 spiro atoms. The summed E-state index contributed by atoms with van der Waals surface area (Å²) >= 11 is 0. The van der Waals surface area contributed by atoms with Gasteiger partial charge in [0.2, 0.25) is 0 Å². The number of carbonyl (C=O) groups is 1. The second kappa shape index (κ2) is 6.72. The normalized spacial score (nSPS) is 11.2. The first kappa shape index (κ1) is 14.9. The molecule has 0 heterocycles. The van der Waals surface area contributed by atoms with Crippen LogP contribution in [-0.2, 0) is 13.8 Å². The van der Waals surface area contributed by atoms with E-state index in [9.17, 15) is 13.2 Å². The van der Waals surface area contributed by atoms with Crippen LogP contribution >= 0.6 is 10.7 Å². The van der Waals surface area contributed by atoms with Crippen LogP contribution in [0.25, 0.3) is 0 Å². The predicted molar refractivity (Wildman–Crippen MR) is 68.3 cm³/mol. The standard InChI is InChI=1S/C11H14ClNO4S/c1-2-17-7-6-13-11(14)9-4-3-5-10(8-9)18(12,15)16/h3-5,8H,2,6-7H2,1H3,(H,13,14). The highest BCUT2D eigenvalue weighted by molar-refractivity contribution is 8.13. The zero-order chi connectivity index (χ0) is 13.6. The number of carbonyl (C=O) groups excluding carboxylic acids is 1. The molecule has 0 bridgehead atoms. The molecule has 100 valence electrons. The van der Waals surface area contributed by atoms with E-state index >= 15 is 0 Å². The summed E-state index contributed by atoms with van der Waals surface area (Å²) in [5.74, 6) is -0.364. The van der Waals surface area contributed by atoms with Crippen molar-refractivity contribution in [2.75, 3.05) is 19.8 Å². The number of nitrogens with one attached hydrogen (secondary N) is 1. The number of hydrogen-bond donors (Lipinski definition) is 1. The lowest BCUT2D eigenvalue weighted by molar-refractivity contribution is 0.0922. The van der Waals surface area contributed by atoms with Crippen LogP contribution < -0.4 is 5.32 Å². The molecule has 0 unspecified atom stereocenters. The highest BCUT2D eigenvalue weighted by Crippen LogP contribution is 2.15. The Balaban J connectivity index is 2.69. The van der Waals surface area contributed by atoms with Gasteiger partial charge in [0.1, 0.15) is 0 Å². The quantitative estimate of drug-likeness (QED) is 0.635. The lowest BCUT2D eigenvalue weighted by Crippen LogP contribution is -2.27. The lowest BCUT2D eigenvalue weighted by Gasteiger charge is -2.06. The van der Waals surface area contributed by atoms with Crippen molar-refractivity contribution in [3.05, 3.63) is 29.8 Å². The predicted octanol–water partition coefficient (Wildman–Crippen LogP) is 1.38. The van der Waals surface area contributed by atoms with Crippen molar-refractivity contribution >= 4 is 25.6 Å². The van der Waals surface area contributed by atoms with Crippen molar-refractivity contribution in [2.24, 2.45) is 0 Å². The Kier molecular flexibility index (Phi) is 5.58. The second-order valence-corrected chi connectivity index (χ2v) is 5.98. The van der Waals surface area contributed by atoms with Gasteiger partial charge in [-0.25, -0.2) is 8.42 Å². The Hall–Kier alpha value is -1.11. The largest absolute Gasteiger partial charge is 0.380 e. The van der Waals surface area contributed by atoms with Gasteiger partial charge >= 0.3 is 0 Å². The van der Waals surface area contributed by atoms with E-state index in [1.165, 1.54) is 24.3 Å². The number of rotatable bonds is 6. The molecule has 5 nitrogen and oxygen atoms in total. The molecule has 0 radical (unpaired) electrons. The van der Waals surface area contributed by atoms with Crippen molar-refractivity contribution < 1.29 is 17.9 Å². The Morgan fingerprint density at radius 1 is 1.44 bits per heavy atom. The molecular formula is C11H14ClNO4S. The summed E-state index contributed by atoms with van der Waals surface area (Å²) < 4.78 is 27.3. The van der Waals surface area contributed by atoms with Gasteiger partial charge in [0.05, 0.1) is 11.5 Å². The first-order valence-corrected chi connectivity index (χ1v) is 7.66. The fourth-order valence-corrected chi connectivity index (χ4v) is 2.07. The van der Waals surface area contributed by atoms with Crippen molar-refractivity contribution in [1.29, 1.82) is 0 Å². The highest BCUT2D eigenvalue weighted by Gasteiger charge is 2.12. The third-order valence-corrected chi connectivity index (χ3v) is 3.47. The molecule has 0 atom stereocenters. The molecule has 1 aromatic rings. The van der Waals surface area contributed by atoms with Crippen molar-refractivity contribution in [3.8, 4) is 0 Å². The molecule has 1 aromatic carbocycles. The molecule has 0 aromatic heterocycles.